The topological polar surface area (TPSA) is 119 Å². The van der Waals surface area contributed by atoms with Crippen molar-refractivity contribution in [1.29, 1.82) is 0 Å². The van der Waals surface area contributed by atoms with Crippen LogP contribution in [0.15, 0.2) is 64.6 Å². The van der Waals surface area contributed by atoms with Gasteiger partial charge in [-0.1, -0.05) is 77.8 Å². The SMILES string of the molecule is CCCCOc1ccc(C2C(=C(O)c3nc4c(C)cccn4c3C)C(=O)C(=O)N2c2nnc(SCc3ccc(Cl)cc3Cl)s2)cc1OCC. The molecule has 3 aromatic heterocycles. The lowest BCUT2D eigenvalue weighted by molar-refractivity contribution is -0.132. The minimum absolute atomic E-state index is 0.117. The van der Waals surface area contributed by atoms with Gasteiger partial charge in [-0.2, -0.15) is 0 Å². The van der Waals surface area contributed by atoms with E-state index in [9.17, 15) is 14.7 Å². The average Bonchev–Trinajstić information content (AvgIpc) is 3.76. The number of ether oxygens (including phenoxy) is 2. The number of halogens is 2. The number of rotatable bonds is 12. The van der Waals surface area contributed by atoms with Gasteiger partial charge in [-0.25, -0.2) is 4.98 Å². The highest BCUT2D eigenvalue weighted by Gasteiger charge is 2.49. The Morgan fingerprint density at radius 1 is 1.04 bits per heavy atom. The number of benzene rings is 2. The van der Waals surface area contributed by atoms with Gasteiger partial charge in [0.2, 0.25) is 5.13 Å². The van der Waals surface area contributed by atoms with Crippen molar-refractivity contribution in [2.75, 3.05) is 18.1 Å². The fraction of sp³-hybridized carbons (Fsp3) is 0.286. The lowest BCUT2D eigenvalue weighted by atomic mass is 9.96. The predicted octanol–water partition coefficient (Wildman–Crippen LogP) is 8.61. The number of thioether (sulfide) groups is 1. The van der Waals surface area contributed by atoms with E-state index in [1.807, 2.05) is 42.6 Å². The van der Waals surface area contributed by atoms with Crippen LogP contribution in [0.5, 0.6) is 11.5 Å². The van der Waals surface area contributed by atoms with Crippen molar-refractivity contribution < 1.29 is 24.2 Å². The summed E-state index contributed by atoms with van der Waals surface area (Å²) in [7, 11) is 0. The first kappa shape index (κ1) is 34.8. The monoisotopic (exact) mass is 737 g/mol. The standard InChI is InChI=1S/C35H33Cl2N5O5S2/c1-5-7-15-47-25-13-11-21(16-26(25)46-6-2)29-27(30(43)28-20(4)41-14-8-9-19(3)32(41)38-28)31(44)33(45)42(29)34-39-40-35(49-34)48-18-22-10-12-23(36)17-24(22)37/h8-14,16-17,29,43H,5-7,15,18H2,1-4H3. The van der Waals surface area contributed by atoms with Crippen molar-refractivity contribution in [3.05, 3.63) is 98.4 Å². The van der Waals surface area contributed by atoms with Crippen LogP contribution in [0.3, 0.4) is 0 Å². The van der Waals surface area contributed by atoms with Gasteiger partial charge in [0.05, 0.1) is 30.5 Å². The van der Waals surface area contributed by atoms with Gasteiger partial charge in [0, 0.05) is 22.0 Å². The summed E-state index contributed by atoms with van der Waals surface area (Å²) in [4.78, 5) is 33.8. The van der Waals surface area contributed by atoms with Crippen molar-refractivity contribution in [1.82, 2.24) is 19.6 Å². The maximum Gasteiger partial charge on any atom is 0.301 e. The molecule has 1 unspecified atom stereocenters. The summed E-state index contributed by atoms with van der Waals surface area (Å²) in [6.07, 6.45) is 3.67. The number of fused-ring (bicyclic) bond motifs is 1. The number of carbonyl (C=O) groups excluding carboxylic acids is 2. The summed E-state index contributed by atoms with van der Waals surface area (Å²) >= 11 is 15.0. The van der Waals surface area contributed by atoms with Crippen LogP contribution in [0.25, 0.3) is 11.4 Å². The summed E-state index contributed by atoms with van der Waals surface area (Å²) in [6.45, 7) is 8.53. The molecule has 0 spiro atoms. The average molecular weight is 739 g/mol. The lowest BCUT2D eigenvalue weighted by Gasteiger charge is -2.23. The van der Waals surface area contributed by atoms with Crippen LogP contribution in [-0.4, -0.2) is 49.6 Å². The Hall–Kier alpha value is -4.10. The summed E-state index contributed by atoms with van der Waals surface area (Å²) in [5.41, 5.74) is 3.60. The van der Waals surface area contributed by atoms with Crippen molar-refractivity contribution in [3.8, 4) is 11.5 Å². The molecule has 1 N–H and O–H groups in total. The fourth-order valence-electron chi connectivity index (χ4n) is 5.56. The number of carbonyl (C=O) groups is 2. The Kier molecular flexibility index (Phi) is 10.5. The van der Waals surface area contributed by atoms with Crippen LogP contribution in [-0.2, 0) is 15.3 Å². The molecule has 6 rings (SSSR count). The number of amides is 1. The highest BCUT2D eigenvalue weighted by Crippen LogP contribution is 2.46. The van der Waals surface area contributed by atoms with E-state index in [1.54, 1.807) is 37.3 Å². The molecule has 1 aliphatic heterocycles. The van der Waals surface area contributed by atoms with Crippen molar-refractivity contribution in [2.24, 2.45) is 0 Å². The zero-order chi connectivity index (χ0) is 34.8. The zero-order valence-corrected chi connectivity index (χ0v) is 30.3. The third kappa shape index (κ3) is 6.87. The Balaban J connectivity index is 1.45. The molecule has 49 heavy (non-hydrogen) atoms. The molecular weight excluding hydrogens is 705 g/mol. The molecule has 10 nitrogen and oxygen atoms in total. The molecule has 1 atom stereocenters. The summed E-state index contributed by atoms with van der Waals surface area (Å²) in [6, 6.07) is 13.3. The number of Topliss-reactive ketones (excluding diaryl/α,β-unsaturated/α-hetero) is 1. The molecule has 0 saturated carbocycles. The molecule has 5 aromatic rings. The molecule has 2 aromatic carbocycles. The smallest absolute Gasteiger partial charge is 0.301 e. The highest BCUT2D eigenvalue weighted by atomic mass is 35.5. The molecule has 1 amide bonds. The fourth-order valence-corrected chi connectivity index (χ4v) is 7.99. The van der Waals surface area contributed by atoms with E-state index < -0.39 is 17.7 Å². The largest absolute Gasteiger partial charge is 0.505 e. The second-order valence-corrected chi connectivity index (χ2v) is 14.3. The van der Waals surface area contributed by atoms with E-state index in [-0.39, 0.29) is 22.2 Å². The van der Waals surface area contributed by atoms with Gasteiger partial charge < -0.3 is 19.0 Å². The number of aliphatic hydroxyl groups excluding tert-OH is 1. The van der Waals surface area contributed by atoms with Gasteiger partial charge >= 0.3 is 5.91 Å². The molecular formula is C35H33Cl2N5O5S2. The predicted molar refractivity (Wildman–Crippen MR) is 193 cm³/mol. The lowest BCUT2D eigenvalue weighted by Crippen LogP contribution is -2.29. The van der Waals surface area contributed by atoms with Gasteiger partial charge in [0.15, 0.2) is 21.6 Å². The van der Waals surface area contributed by atoms with E-state index in [0.29, 0.717) is 61.8 Å². The van der Waals surface area contributed by atoms with E-state index in [0.717, 1.165) is 35.3 Å². The number of ketones is 1. The quantitative estimate of drug-likeness (QED) is 0.0335. The van der Waals surface area contributed by atoms with Crippen molar-refractivity contribution in [2.45, 2.75) is 56.7 Å². The van der Waals surface area contributed by atoms with Crippen LogP contribution < -0.4 is 14.4 Å². The molecule has 4 heterocycles. The van der Waals surface area contributed by atoms with Crippen LogP contribution in [0.2, 0.25) is 10.0 Å². The first-order valence-corrected chi connectivity index (χ1v) is 18.2. The number of imidazole rings is 1. The van der Waals surface area contributed by atoms with Crippen LogP contribution >= 0.6 is 46.3 Å². The number of hydrogen-bond acceptors (Lipinski definition) is 10. The van der Waals surface area contributed by atoms with E-state index in [2.05, 4.69) is 17.1 Å². The van der Waals surface area contributed by atoms with Crippen molar-refractivity contribution >= 4 is 74.5 Å². The molecule has 1 fully saturated rings. The Morgan fingerprint density at radius 2 is 1.86 bits per heavy atom. The number of aromatic nitrogens is 4. The molecule has 0 radical (unpaired) electrons. The number of aryl methyl sites for hydroxylation is 2. The number of pyridine rings is 1. The van der Waals surface area contributed by atoms with E-state index in [1.165, 1.54) is 16.7 Å². The normalized spacial score (nSPS) is 15.8. The maximum absolute atomic E-state index is 13.9. The molecule has 0 aliphatic carbocycles. The third-order valence-electron chi connectivity index (χ3n) is 8.06. The molecule has 254 valence electrons. The van der Waals surface area contributed by atoms with E-state index in [4.69, 9.17) is 37.7 Å². The van der Waals surface area contributed by atoms with Gasteiger partial charge in [0.25, 0.3) is 5.78 Å². The number of aliphatic hydroxyl groups is 1. The van der Waals surface area contributed by atoms with Crippen molar-refractivity contribution in [3.63, 3.8) is 0 Å². The summed E-state index contributed by atoms with van der Waals surface area (Å²) in [5.74, 6) is -0.624. The molecule has 1 aliphatic rings. The first-order chi connectivity index (χ1) is 23.6. The minimum Gasteiger partial charge on any atom is -0.505 e. The third-order valence-corrected chi connectivity index (χ3v) is 10.8. The second kappa shape index (κ2) is 14.8. The molecule has 14 heteroatoms. The van der Waals surface area contributed by atoms with Crippen LogP contribution in [0, 0.1) is 13.8 Å². The second-order valence-electron chi connectivity index (χ2n) is 11.3. The van der Waals surface area contributed by atoms with Gasteiger partial charge in [-0.3, -0.25) is 14.5 Å². The highest BCUT2D eigenvalue weighted by molar-refractivity contribution is 8.00. The van der Waals surface area contributed by atoms with Crippen LogP contribution in [0.4, 0.5) is 5.13 Å². The summed E-state index contributed by atoms with van der Waals surface area (Å²) in [5, 5.41) is 21.8. The molecule has 0 bridgehead atoms. The maximum atomic E-state index is 13.9. The number of nitrogens with zero attached hydrogens (tertiary/aromatic N) is 5. The van der Waals surface area contributed by atoms with Crippen LogP contribution in [0.1, 0.15) is 60.8 Å². The van der Waals surface area contributed by atoms with E-state index >= 15 is 0 Å². The van der Waals surface area contributed by atoms with Gasteiger partial charge in [0.1, 0.15) is 11.3 Å². The minimum atomic E-state index is -1.06. The zero-order valence-electron chi connectivity index (χ0n) is 27.2. The van der Waals surface area contributed by atoms with Gasteiger partial charge in [-0.15, -0.1) is 10.2 Å². The molecule has 1 saturated heterocycles. The number of hydrogen-bond donors (Lipinski definition) is 1. The Labute approximate surface area is 301 Å². The first-order valence-electron chi connectivity index (χ1n) is 15.7. The Morgan fingerprint density at radius 3 is 2.59 bits per heavy atom. The number of anilines is 1. The number of unbranched alkanes of at least 4 members (excludes halogenated alkanes) is 1. The van der Waals surface area contributed by atoms with Gasteiger partial charge in [-0.05, 0) is 74.2 Å². The Bertz CT molecular complexity index is 2100. The summed E-state index contributed by atoms with van der Waals surface area (Å²) < 4.78 is 14.4.